The van der Waals surface area contributed by atoms with Crippen LogP contribution in [0.5, 0.6) is 5.88 Å². The van der Waals surface area contributed by atoms with Gasteiger partial charge in [0.15, 0.2) is 0 Å². The van der Waals surface area contributed by atoms with Crippen molar-refractivity contribution in [1.82, 2.24) is 9.78 Å². The molecule has 1 aromatic heterocycles. The second-order valence-corrected chi connectivity index (χ2v) is 9.12. The van der Waals surface area contributed by atoms with Gasteiger partial charge in [0.05, 0.1) is 23.9 Å². The van der Waals surface area contributed by atoms with Gasteiger partial charge in [-0.25, -0.2) is 4.68 Å². The minimum absolute atomic E-state index is 0.260. The van der Waals surface area contributed by atoms with Crippen LogP contribution in [-0.2, 0) is 11.4 Å². The Morgan fingerprint density at radius 1 is 1.06 bits per heavy atom. The lowest BCUT2D eigenvalue weighted by molar-refractivity contribution is -0.212. The zero-order valence-electron chi connectivity index (χ0n) is 19.9. The molecule has 182 valence electrons. The summed E-state index contributed by atoms with van der Waals surface area (Å²) in [5.74, 6) is -0.0301. The Kier molecular flexibility index (Phi) is 12.6. The number of rotatable bonds is 17. The predicted molar refractivity (Wildman–Crippen MR) is 135 cm³/mol. The van der Waals surface area contributed by atoms with E-state index < -0.39 is 0 Å². The second kappa shape index (κ2) is 15.2. The third kappa shape index (κ3) is 8.80. The Hall–Kier alpha value is -1.82. The van der Waals surface area contributed by atoms with Crippen LogP contribution in [0.15, 0.2) is 30.9 Å². The Labute approximate surface area is 208 Å². The minimum Gasteiger partial charge on any atom is -0.316 e. The van der Waals surface area contributed by atoms with E-state index in [9.17, 15) is 4.79 Å². The maximum atomic E-state index is 13.2. The number of hydrogen-bond acceptors (Lipinski definition) is 4. The van der Waals surface area contributed by atoms with Gasteiger partial charge in [-0.3, -0.25) is 4.79 Å². The summed E-state index contributed by atoms with van der Waals surface area (Å²) in [6.45, 7) is 8.59. The molecule has 0 amide bonds. The van der Waals surface area contributed by atoms with Crippen molar-refractivity contribution >= 4 is 29.0 Å². The van der Waals surface area contributed by atoms with Crippen molar-refractivity contribution in [2.24, 2.45) is 0 Å². The van der Waals surface area contributed by atoms with E-state index in [4.69, 9.17) is 33.0 Å². The third-order valence-corrected chi connectivity index (χ3v) is 6.05. The Morgan fingerprint density at radius 2 is 1.70 bits per heavy atom. The number of carbonyl (C=O) groups is 1. The zero-order chi connectivity index (χ0) is 24.1. The van der Waals surface area contributed by atoms with Gasteiger partial charge in [-0.05, 0) is 31.5 Å². The summed E-state index contributed by atoms with van der Waals surface area (Å²) in [6, 6.07) is 4.78. The van der Waals surface area contributed by atoms with Crippen molar-refractivity contribution in [3.8, 4) is 5.88 Å². The van der Waals surface area contributed by atoms with Gasteiger partial charge in [0, 0.05) is 10.6 Å². The van der Waals surface area contributed by atoms with Crippen molar-refractivity contribution in [3.05, 3.63) is 57.7 Å². The number of allylic oxidation sites excluding steroid dienone is 1. The lowest BCUT2D eigenvalue weighted by Crippen LogP contribution is -2.10. The van der Waals surface area contributed by atoms with Crippen LogP contribution in [0.25, 0.3) is 0 Å². The van der Waals surface area contributed by atoms with Crippen molar-refractivity contribution in [2.75, 3.05) is 6.61 Å². The fourth-order valence-electron chi connectivity index (χ4n) is 3.71. The molecular formula is C26H36Cl2N2O3. The van der Waals surface area contributed by atoms with Gasteiger partial charge in [-0.1, -0.05) is 94.0 Å². The first-order valence-corrected chi connectivity index (χ1v) is 12.7. The molecule has 0 aliphatic rings. The molecule has 2 aromatic rings. The van der Waals surface area contributed by atoms with E-state index in [1.54, 1.807) is 35.9 Å². The van der Waals surface area contributed by atoms with Crippen LogP contribution in [0.2, 0.25) is 10.0 Å². The molecule has 5 nitrogen and oxygen atoms in total. The molecule has 0 unspecified atom stereocenters. The number of ketones is 1. The SMILES string of the molecule is C=CCn1nc(C)c(C(=O)c2ccc(Cl)cc2Cl)c1OOCCCCCCCCCCCC. The number of hydrogen-bond donors (Lipinski definition) is 0. The van der Waals surface area contributed by atoms with Gasteiger partial charge in [-0.15, -0.1) is 6.58 Å². The van der Waals surface area contributed by atoms with Gasteiger partial charge in [0.1, 0.15) is 5.56 Å². The maximum absolute atomic E-state index is 13.2. The third-order valence-electron chi connectivity index (χ3n) is 5.50. The largest absolute Gasteiger partial charge is 0.316 e. The van der Waals surface area contributed by atoms with Crippen LogP contribution in [0.1, 0.15) is 92.7 Å². The van der Waals surface area contributed by atoms with Crippen LogP contribution in [-0.4, -0.2) is 22.2 Å². The number of aromatic nitrogens is 2. The Morgan fingerprint density at radius 3 is 2.30 bits per heavy atom. The average molecular weight is 495 g/mol. The monoisotopic (exact) mass is 494 g/mol. The van der Waals surface area contributed by atoms with E-state index >= 15 is 0 Å². The molecule has 2 rings (SSSR count). The molecule has 1 aromatic carbocycles. The fraction of sp³-hybridized carbons (Fsp3) is 0.538. The molecular weight excluding hydrogens is 459 g/mol. The molecule has 0 atom stereocenters. The highest BCUT2D eigenvalue weighted by Crippen LogP contribution is 2.30. The number of benzene rings is 1. The van der Waals surface area contributed by atoms with E-state index in [1.807, 2.05) is 0 Å². The van der Waals surface area contributed by atoms with Gasteiger partial charge < -0.3 is 4.89 Å². The van der Waals surface area contributed by atoms with Crippen LogP contribution < -0.4 is 4.89 Å². The van der Waals surface area contributed by atoms with Crippen LogP contribution >= 0.6 is 23.2 Å². The first-order valence-electron chi connectivity index (χ1n) is 12.0. The first-order chi connectivity index (χ1) is 16.0. The second-order valence-electron chi connectivity index (χ2n) is 8.28. The average Bonchev–Trinajstić information content (AvgIpc) is 3.09. The molecule has 7 heteroatoms. The number of unbranched alkanes of at least 4 members (excludes halogenated alkanes) is 9. The number of carbonyl (C=O) groups excluding carboxylic acids is 1. The molecule has 33 heavy (non-hydrogen) atoms. The smallest absolute Gasteiger partial charge is 0.266 e. The van der Waals surface area contributed by atoms with Crippen molar-refractivity contribution < 1.29 is 14.6 Å². The van der Waals surface area contributed by atoms with Crippen LogP contribution in [0.4, 0.5) is 0 Å². The van der Waals surface area contributed by atoms with E-state index in [2.05, 4.69) is 18.6 Å². The van der Waals surface area contributed by atoms with Gasteiger partial charge >= 0.3 is 0 Å². The summed E-state index contributed by atoms with van der Waals surface area (Å²) in [5.41, 5.74) is 1.19. The zero-order valence-corrected chi connectivity index (χ0v) is 21.4. The molecule has 0 radical (unpaired) electrons. The summed E-state index contributed by atoms with van der Waals surface area (Å²) in [7, 11) is 0. The number of halogens is 2. The summed E-state index contributed by atoms with van der Waals surface area (Å²) in [4.78, 5) is 24.3. The standard InChI is InChI=1S/C26H36Cl2N2O3/c1-4-6-7-8-9-10-11-12-13-14-18-32-33-26-24(20(3)29-30(26)17-5-2)25(31)22-16-15-21(27)19-23(22)28/h5,15-16,19H,2,4,6-14,17-18H2,1,3H3. The quantitative estimate of drug-likeness (QED) is 0.0731. The summed E-state index contributed by atoms with van der Waals surface area (Å²) >= 11 is 12.2. The molecule has 0 saturated carbocycles. The van der Waals surface area contributed by atoms with Gasteiger partial charge in [0.25, 0.3) is 5.88 Å². The van der Waals surface area contributed by atoms with E-state index in [1.165, 1.54) is 51.4 Å². The minimum atomic E-state index is -0.290. The maximum Gasteiger partial charge on any atom is 0.266 e. The van der Waals surface area contributed by atoms with E-state index in [0.29, 0.717) is 35.0 Å². The van der Waals surface area contributed by atoms with Crippen molar-refractivity contribution in [1.29, 1.82) is 0 Å². The lowest BCUT2D eigenvalue weighted by atomic mass is 10.0. The fourth-order valence-corrected chi connectivity index (χ4v) is 4.20. The van der Waals surface area contributed by atoms with Crippen molar-refractivity contribution in [2.45, 2.75) is 84.6 Å². The molecule has 0 aliphatic heterocycles. The van der Waals surface area contributed by atoms with Gasteiger partial charge in [-0.2, -0.15) is 9.99 Å². The van der Waals surface area contributed by atoms with Crippen LogP contribution in [0.3, 0.4) is 0 Å². The Bertz CT molecular complexity index is 896. The molecule has 0 saturated heterocycles. The Balaban J connectivity index is 1.87. The number of nitrogens with zero attached hydrogens (tertiary/aromatic N) is 2. The van der Waals surface area contributed by atoms with Crippen LogP contribution in [0, 0.1) is 6.92 Å². The van der Waals surface area contributed by atoms with Gasteiger partial charge in [0.2, 0.25) is 5.78 Å². The molecule has 0 aliphatic carbocycles. The van der Waals surface area contributed by atoms with E-state index in [0.717, 1.165) is 12.8 Å². The molecule has 1 heterocycles. The molecule has 0 spiro atoms. The highest BCUT2D eigenvalue weighted by molar-refractivity contribution is 6.37. The molecule has 0 N–H and O–H groups in total. The summed E-state index contributed by atoms with van der Waals surface area (Å²) < 4.78 is 1.57. The first kappa shape index (κ1) is 27.4. The topological polar surface area (TPSA) is 53.4 Å². The van der Waals surface area contributed by atoms with E-state index in [-0.39, 0.29) is 16.7 Å². The predicted octanol–water partition coefficient (Wildman–Crippen LogP) is 8.15. The molecule has 0 fully saturated rings. The summed E-state index contributed by atoms with van der Waals surface area (Å²) in [6.07, 6.45) is 14.1. The normalized spacial score (nSPS) is 11.0. The van der Waals surface area contributed by atoms with Crippen molar-refractivity contribution in [3.63, 3.8) is 0 Å². The number of aryl methyl sites for hydroxylation is 1. The molecule has 0 bridgehead atoms. The highest BCUT2D eigenvalue weighted by Gasteiger charge is 2.26. The summed E-state index contributed by atoms with van der Waals surface area (Å²) in [5, 5.41) is 5.16. The highest BCUT2D eigenvalue weighted by atomic mass is 35.5. The lowest BCUT2D eigenvalue weighted by Gasteiger charge is -2.10.